The van der Waals surface area contributed by atoms with Crippen LogP contribution in [0.4, 0.5) is 8.78 Å². The largest absolute Gasteiger partial charge is 0.480 e. The van der Waals surface area contributed by atoms with E-state index in [4.69, 9.17) is 16.7 Å². The predicted molar refractivity (Wildman–Crippen MR) is 52.1 cm³/mol. The Morgan fingerprint density at radius 1 is 1.56 bits per heavy atom. The van der Waals surface area contributed by atoms with Gasteiger partial charge in [-0.25, -0.2) is 22.3 Å². The summed E-state index contributed by atoms with van der Waals surface area (Å²) in [5, 5.41) is 4.29. The SMILES string of the molecule is COc1nc(Cl)c(C(F)F)cc1S(N)(=O)=O. The lowest BCUT2D eigenvalue weighted by Crippen LogP contribution is -2.15. The molecule has 0 fully saturated rings. The van der Waals surface area contributed by atoms with E-state index in [-0.39, 0.29) is 0 Å². The first kappa shape index (κ1) is 13.1. The van der Waals surface area contributed by atoms with Crippen molar-refractivity contribution in [3.63, 3.8) is 0 Å². The molecule has 5 nitrogen and oxygen atoms in total. The average molecular weight is 273 g/mol. The predicted octanol–water partition coefficient (Wildman–Crippen LogP) is 1.33. The van der Waals surface area contributed by atoms with Gasteiger partial charge >= 0.3 is 0 Å². The minimum absolute atomic E-state index is 0.420. The van der Waals surface area contributed by atoms with Crippen LogP contribution in [0.25, 0.3) is 0 Å². The molecule has 0 aliphatic carbocycles. The Balaban J connectivity index is 3.53. The Morgan fingerprint density at radius 3 is 2.50 bits per heavy atom. The molecule has 0 saturated heterocycles. The van der Waals surface area contributed by atoms with Crippen LogP contribution in [0.1, 0.15) is 12.0 Å². The smallest absolute Gasteiger partial charge is 0.266 e. The first-order chi connectivity index (χ1) is 7.27. The number of hydrogen-bond donors (Lipinski definition) is 1. The molecule has 0 atom stereocenters. The highest BCUT2D eigenvalue weighted by Crippen LogP contribution is 2.31. The summed E-state index contributed by atoms with van der Waals surface area (Å²) in [4.78, 5) is 2.75. The molecule has 0 amide bonds. The van der Waals surface area contributed by atoms with Gasteiger partial charge in [-0.05, 0) is 6.07 Å². The monoisotopic (exact) mass is 272 g/mol. The van der Waals surface area contributed by atoms with E-state index < -0.39 is 37.9 Å². The molecule has 0 aromatic carbocycles. The molecule has 1 aromatic rings. The van der Waals surface area contributed by atoms with Crippen LogP contribution in [-0.2, 0) is 10.0 Å². The molecule has 0 aliphatic rings. The second-order valence-electron chi connectivity index (χ2n) is 2.72. The Morgan fingerprint density at radius 2 is 2.12 bits per heavy atom. The van der Waals surface area contributed by atoms with Crippen molar-refractivity contribution >= 4 is 21.6 Å². The number of ether oxygens (including phenoxy) is 1. The van der Waals surface area contributed by atoms with Crippen molar-refractivity contribution in [3.8, 4) is 5.88 Å². The Labute approximate surface area is 95.2 Å². The molecule has 0 radical (unpaired) electrons. The summed E-state index contributed by atoms with van der Waals surface area (Å²) in [6.45, 7) is 0. The van der Waals surface area contributed by atoms with Crippen molar-refractivity contribution in [1.82, 2.24) is 4.98 Å². The fourth-order valence-electron chi connectivity index (χ4n) is 0.974. The van der Waals surface area contributed by atoms with E-state index in [1.807, 2.05) is 0 Å². The highest BCUT2D eigenvalue weighted by molar-refractivity contribution is 7.89. The average Bonchev–Trinajstić information content (AvgIpc) is 2.14. The summed E-state index contributed by atoms with van der Waals surface area (Å²) in [6.07, 6.45) is -2.95. The number of primary sulfonamides is 1. The Hall–Kier alpha value is -0.990. The number of sulfonamides is 1. The highest BCUT2D eigenvalue weighted by atomic mass is 35.5. The van der Waals surface area contributed by atoms with E-state index in [9.17, 15) is 17.2 Å². The topological polar surface area (TPSA) is 82.3 Å². The maximum atomic E-state index is 12.4. The van der Waals surface area contributed by atoms with E-state index in [0.717, 1.165) is 7.11 Å². The van der Waals surface area contributed by atoms with Crippen LogP contribution >= 0.6 is 11.6 Å². The number of nitrogens with two attached hydrogens (primary N) is 1. The van der Waals surface area contributed by atoms with Crippen LogP contribution < -0.4 is 9.88 Å². The van der Waals surface area contributed by atoms with Gasteiger partial charge in [-0.3, -0.25) is 0 Å². The van der Waals surface area contributed by atoms with Crippen LogP contribution in [0.2, 0.25) is 5.15 Å². The third-order valence-corrected chi connectivity index (χ3v) is 2.88. The van der Waals surface area contributed by atoms with Gasteiger partial charge in [-0.15, -0.1) is 0 Å². The van der Waals surface area contributed by atoms with Crippen molar-refractivity contribution in [3.05, 3.63) is 16.8 Å². The second-order valence-corrected chi connectivity index (χ2v) is 4.61. The molecule has 1 aromatic heterocycles. The van der Waals surface area contributed by atoms with E-state index >= 15 is 0 Å². The molecule has 0 unspecified atom stereocenters. The van der Waals surface area contributed by atoms with E-state index in [0.29, 0.717) is 6.07 Å². The number of pyridine rings is 1. The molecule has 2 N–H and O–H groups in total. The molecular weight excluding hydrogens is 266 g/mol. The summed E-state index contributed by atoms with van der Waals surface area (Å²) >= 11 is 5.42. The van der Waals surface area contributed by atoms with E-state index in [2.05, 4.69) is 9.72 Å². The molecule has 0 spiro atoms. The van der Waals surface area contributed by atoms with Crippen LogP contribution in [-0.4, -0.2) is 20.5 Å². The van der Waals surface area contributed by atoms with Crippen LogP contribution in [0.3, 0.4) is 0 Å². The van der Waals surface area contributed by atoms with Crippen molar-refractivity contribution in [2.75, 3.05) is 7.11 Å². The summed E-state index contributed by atoms with van der Waals surface area (Å²) in [5.41, 5.74) is -0.716. The van der Waals surface area contributed by atoms with Crippen molar-refractivity contribution in [2.24, 2.45) is 5.14 Å². The minimum Gasteiger partial charge on any atom is -0.480 e. The van der Waals surface area contributed by atoms with E-state index in [1.165, 1.54) is 0 Å². The maximum Gasteiger partial charge on any atom is 0.266 e. The molecule has 0 aliphatic heterocycles. The third-order valence-electron chi connectivity index (χ3n) is 1.67. The number of alkyl halides is 2. The standard InChI is InChI=1S/C7H7ClF2N2O3S/c1-15-7-4(16(11,13)14)2-3(6(9)10)5(8)12-7/h2,6H,1H3,(H2,11,13,14). The number of halogens is 3. The van der Waals surface area contributed by atoms with Crippen LogP contribution in [0, 0.1) is 0 Å². The Kier molecular flexibility index (Phi) is 3.66. The fourth-order valence-corrected chi connectivity index (χ4v) is 1.85. The number of hydrogen-bond acceptors (Lipinski definition) is 4. The first-order valence-corrected chi connectivity index (χ1v) is 5.75. The summed E-state index contributed by atoms with van der Waals surface area (Å²) < 4.78 is 51.6. The first-order valence-electron chi connectivity index (χ1n) is 3.82. The van der Waals surface area contributed by atoms with Gasteiger partial charge in [0, 0.05) is 0 Å². The lowest BCUT2D eigenvalue weighted by atomic mass is 10.3. The van der Waals surface area contributed by atoms with Crippen molar-refractivity contribution in [1.29, 1.82) is 0 Å². The summed E-state index contributed by atoms with van der Waals surface area (Å²) in [6, 6.07) is 0.647. The zero-order valence-electron chi connectivity index (χ0n) is 7.95. The molecule has 90 valence electrons. The van der Waals surface area contributed by atoms with Crippen molar-refractivity contribution < 1.29 is 21.9 Å². The molecule has 0 saturated carbocycles. The van der Waals surface area contributed by atoms with Crippen LogP contribution in [0.5, 0.6) is 5.88 Å². The zero-order chi connectivity index (χ0) is 12.5. The van der Waals surface area contributed by atoms with Gasteiger partial charge in [0.1, 0.15) is 10.0 Å². The van der Waals surface area contributed by atoms with Gasteiger partial charge in [-0.2, -0.15) is 4.98 Å². The molecule has 1 heterocycles. The van der Waals surface area contributed by atoms with Gasteiger partial charge < -0.3 is 4.74 Å². The quantitative estimate of drug-likeness (QED) is 0.842. The van der Waals surface area contributed by atoms with Gasteiger partial charge in [0.15, 0.2) is 0 Å². The van der Waals surface area contributed by atoms with Crippen molar-refractivity contribution in [2.45, 2.75) is 11.3 Å². The zero-order valence-corrected chi connectivity index (χ0v) is 9.52. The molecular formula is C7H7ClF2N2O3S. The third kappa shape index (κ3) is 2.57. The summed E-state index contributed by atoms with van der Waals surface area (Å²) in [5.74, 6) is -0.420. The van der Waals surface area contributed by atoms with Gasteiger partial charge in [0.25, 0.3) is 6.43 Å². The molecule has 0 bridgehead atoms. The number of aromatic nitrogens is 1. The Bertz CT molecular complexity index is 507. The number of methoxy groups -OCH3 is 1. The molecule has 1 rings (SSSR count). The summed E-state index contributed by atoms with van der Waals surface area (Å²) in [7, 11) is -3.08. The highest BCUT2D eigenvalue weighted by Gasteiger charge is 2.23. The van der Waals surface area contributed by atoms with E-state index in [1.54, 1.807) is 0 Å². The lowest BCUT2D eigenvalue weighted by Gasteiger charge is -2.09. The number of rotatable bonds is 3. The lowest BCUT2D eigenvalue weighted by molar-refractivity contribution is 0.150. The molecule has 16 heavy (non-hydrogen) atoms. The maximum absolute atomic E-state index is 12.4. The van der Waals surface area contributed by atoms with Gasteiger partial charge in [0.05, 0.1) is 12.7 Å². The van der Waals surface area contributed by atoms with Gasteiger partial charge in [0.2, 0.25) is 15.9 Å². The van der Waals surface area contributed by atoms with Crippen LogP contribution in [0.15, 0.2) is 11.0 Å². The minimum atomic E-state index is -4.20. The molecule has 9 heteroatoms. The van der Waals surface area contributed by atoms with Gasteiger partial charge in [-0.1, -0.05) is 11.6 Å². The second kappa shape index (κ2) is 4.48. The number of nitrogens with zero attached hydrogens (tertiary/aromatic N) is 1. The normalized spacial score (nSPS) is 11.9. The fraction of sp³-hybridized carbons (Fsp3) is 0.286.